The van der Waals surface area contributed by atoms with Crippen LogP contribution in [0.4, 0.5) is 5.13 Å². The molecule has 22 heavy (non-hydrogen) atoms. The van der Waals surface area contributed by atoms with Crippen molar-refractivity contribution in [2.75, 3.05) is 18.4 Å². The van der Waals surface area contributed by atoms with E-state index >= 15 is 0 Å². The second kappa shape index (κ2) is 5.40. The van der Waals surface area contributed by atoms with Gasteiger partial charge in [-0.15, -0.1) is 0 Å². The number of nitrogens with one attached hydrogen (secondary N) is 1. The number of carbonyl (C=O) groups is 1. The first-order valence-electron chi connectivity index (χ1n) is 7.10. The molecule has 0 atom stereocenters. The van der Waals surface area contributed by atoms with Crippen LogP contribution in [0.1, 0.15) is 13.3 Å². The summed E-state index contributed by atoms with van der Waals surface area (Å²) in [6.45, 7) is 3.77. The van der Waals surface area contributed by atoms with Gasteiger partial charge in [0.2, 0.25) is 0 Å². The van der Waals surface area contributed by atoms with Gasteiger partial charge >= 0.3 is 0 Å². The first kappa shape index (κ1) is 13.8. The van der Waals surface area contributed by atoms with Gasteiger partial charge in [-0.3, -0.25) is 15.1 Å². The Morgan fingerprint density at radius 1 is 1.36 bits per heavy atom. The average Bonchev–Trinajstić information content (AvgIpc) is 3.08. The SMILES string of the molecule is CC1=C(C(=O)Nc2nc3ccccc3s2)SC2=NCCCN21. The number of rotatable bonds is 2. The van der Waals surface area contributed by atoms with Gasteiger partial charge in [0.1, 0.15) is 0 Å². The summed E-state index contributed by atoms with van der Waals surface area (Å²) in [4.78, 5) is 24.3. The summed E-state index contributed by atoms with van der Waals surface area (Å²) in [5.41, 5.74) is 1.90. The van der Waals surface area contributed by atoms with Crippen molar-refractivity contribution in [1.29, 1.82) is 0 Å². The van der Waals surface area contributed by atoms with E-state index in [-0.39, 0.29) is 5.91 Å². The van der Waals surface area contributed by atoms with Crippen LogP contribution in [0.25, 0.3) is 10.2 Å². The number of thiazole rings is 1. The quantitative estimate of drug-likeness (QED) is 0.918. The number of anilines is 1. The van der Waals surface area contributed by atoms with Crippen molar-refractivity contribution in [3.63, 3.8) is 0 Å². The van der Waals surface area contributed by atoms with Gasteiger partial charge in [-0.1, -0.05) is 23.5 Å². The van der Waals surface area contributed by atoms with Crippen LogP contribution in [0.5, 0.6) is 0 Å². The lowest BCUT2D eigenvalue weighted by molar-refractivity contribution is -0.112. The largest absolute Gasteiger partial charge is 0.324 e. The summed E-state index contributed by atoms with van der Waals surface area (Å²) < 4.78 is 1.07. The number of aromatic nitrogens is 1. The van der Waals surface area contributed by atoms with Gasteiger partial charge in [0, 0.05) is 18.8 Å². The van der Waals surface area contributed by atoms with E-state index in [9.17, 15) is 4.79 Å². The molecule has 1 amide bonds. The molecule has 3 heterocycles. The van der Waals surface area contributed by atoms with Crippen LogP contribution in [-0.4, -0.2) is 34.0 Å². The summed E-state index contributed by atoms with van der Waals surface area (Å²) >= 11 is 2.95. The molecule has 2 aromatic rings. The maximum atomic E-state index is 12.5. The second-order valence-electron chi connectivity index (χ2n) is 5.13. The third kappa shape index (κ3) is 2.30. The van der Waals surface area contributed by atoms with Gasteiger partial charge in [0.15, 0.2) is 10.3 Å². The normalized spacial score (nSPS) is 17.7. The van der Waals surface area contributed by atoms with Crippen molar-refractivity contribution in [2.24, 2.45) is 4.99 Å². The fourth-order valence-electron chi connectivity index (χ4n) is 2.56. The number of hydrogen-bond acceptors (Lipinski definition) is 6. The van der Waals surface area contributed by atoms with E-state index in [0.717, 1.165) is 45.5 Å². The lowest BCUT2D eigenvalue weighted by Gasteiger charge is -2.23. The Bertz CT molecular complexity index is 791. The number of fused-ring (bicyclic) bond motifs is 2. The maximum Gasteiger partial charge on any atom is 0.266 e. The third-order valence-electron chi connectivity index (χ3n) is 3.67. The van der Waals surface area contributed by atoms with E-state index in [0.29, 0.717) is 5.13 Å². The molecule has 0 spiro atoms. The highest BCUT2D eigenvalue weighted by Gasteiger charge is 2.32. The third-order valence-corrected chi connectivity index (χ3v) is 5.83. The summed E-state index contributed by atoms with van der Waals surface area (Å²) in [6, 6.07) is 7.88. The highest BCUT2D eigenvalue weighted by atomic mass is 32.2. The number of para-hydroxylation sites is 1. The smallest absolute Gasteiger partial charge is 0.266 e. The van der Waals surface area contributed by atoms with Gasteiger partial charge in [0.05, 0.1) is 15.1 Å². The molecule has 4 rings (SSSR count). The van der Waals surface area contributed by atoms with Crippen molar-refractivity contribution in [1.82, 2.24) is 9.88 Å². The van der Waals surface area contributed by atoms with Crippen LogP contribution in [0, 0.1) is 0 Å². The number of benzene rings is 1. The monoisotopic (exact) mass is 330 g/mol. The minimum absolute atomic E-state index is 0.0985. The number of amides is 1. The van der Waals surface area contributed by atoms with Crippen LogP contribution in [-0.2, 0) is 4.79 Å². The van der Waals surface area contributed by atoms with Crippen LogP contribution in [0.15, 0.2) is 39.9 Å². The molecule has 5 nitrogen and oxygen atoms in total. The molecule has 2 aliphatic heterocycles. The predicted molar refractivity (Wildman–Crippen MR) is 92.2 cm³/mol. The number of amidine groups is 1. The number of carbonyl (C=O) groups excluding carboxylic acids is 1. The van der Waals surface area contributed by atoms with Gasteiger partial charge in [-0.2, -0.15) is 0 Å². The van der Waals surface area contributed by atoms with Crippen molar-refractivity contribution < 1.29 is 4.79 Å². The summed E-state index contributed by atoms with van der Waals surface area (Å²) in [6.07, 6.45) is 1.04. The zero-order valence-corrected chi connectivity index (χ0v) is 13.6. The van der Waals surface area contributed by atoms with E-state index in [1.165, 1.54) is 23.1 Å². The van der Waals surface area contributed by atoms with E-state index < -0.39 is 0 Å². The topological polar surface area (TPSA) is 57.6 Å². The summed E-state index contributed by atoms with van der Waals surface area (Å²) in [5, 5.41) is 4.50. The molecule has 1 aromatic heterocycles. The van der Waals surface area contributed by atoms with Crippen LogP contribution in [0.2, 0.25) is 0 Å². The van der Waals surface area contributed by atoms with Crippen molar-refractivity contribution in [3.8, 4) is 0 Å². The van der Waals surface area contributed by atoms with Crippen molar-refractivity contribution >= 4 is 49.5 Å². The van der Waals surface area contributed by atoms with Crippen LogP contribution >= 0.6 is 23.1 Å². The minimum Gasteiger partial charge on any atom is -0.324 e. The Labute approximate surface area is 136 Å². The van der Waals surface area contributed by atoms with E-state index in [1.54, 1.807) is 0 Å². The lowest BCUT2D eigenvalue weighted by atomic mass is 10.3. The lowest BCUT2D eigenvalue weighted by Crippen LogP contribution is -2.28. The molecule has 0 aliphatic carbocycles. The molecule has 0 bridgehead atoms. The van der Waals surface area contributed by atoms with Crippen LogP contribution < -0.4 is 5.32 Å². The molecule has 7 heteroatoms. The highest BCUT2D eigenvalue weighted by Crippen LogP contribution is 2.37. The molecule has 0 radical (unpaired) electrons. The molecule has 2 aliphatic rings. The second-order valence-corrected chi connectivity index (χ2v) is 7.14. The first-order valence-corrected chi connectivity index (χ1v) is 8.73. The van der Waals surface area contributed by atoms with E-state index in [1.807, 2.05) is 31.2 Å². The average molecular weight is 330 g/mol. The standard InChI is InChI=1S/C15H14N4OS2/c1-9-12(22-15-16-7-4-8-19(9)15)13(20)18-14-17-10-5-2-3-6-11(10)21-14/h2-3,5-6H,4,7-8H2,1H3,(H,17,18,20). The number of hydrogen-bond donors (Lipinski definition) is 1. The Morgan fingerprint density at radius 3 is 3.05 bits per heavy atom. The van der Waals surface area contributed by atoms with Gasteiger partial charge < -0.3 is 4.90 Å². The highest BCUT2D eigenvalue weighted by molar-refractivity contribution is 8.18. The van der Waals surface area contributed by atoms with Gasteiger partial charge in [-0.05, 0) is 37.2 Å². The number of nitrogens with zero attached hydrogens (tertiary/aromatic N) is 3. The summed E-state index contributed by atoms with van der Waals surface area (Å²) in [7, 11) is 0. The Hall–Kier alpha value is -1.86. The number of thioether (sulfide) groups is 1. The summed E-state index contributed by atoms with van der Waals surface area (Å²) in [5.74, 6) is -0.0985. The molecular weight excluding hydrogens is 316 g/mol. The molecule has 0 unspecified atom stereocenters. The Kier molecular flexibility index (Phi) is 3.38. The first-order chi connectivity index (χ1) is 10.7. The van der Waals surface area contributed by atoms with Crippen molar-refractivity contribution in [2.45, 2.75) is 13.3 Å². The molecular formula is C15H14N4OS2. The predicted octanol–water partition coefficient (Wildman–Crippen LogP) is 3.27. The molecule has 0 saturated carbocycles. The van der Waals surface area contributed by atoms with Gasteiger partial charge in [0.25, 0.3) is 5.91 Å². The molecule has 1 N–H and O–H groups in total. The zero-order valence-electron chi connectivity index (χ0n) is 12.0. The zero-order chi connectivity index (χ0) is 15.1. The van der Waals surface area contributed by atoms with Crippen LogP contribution in [0.3, 0.4) is 0 Å². The fraction of sp³-hybridized carbons (Fsp3) is 0.267. The molecule has 112 valence electrons. The van der Waals surface area contributed by atoms with Gasteiger partial charge in [-0.25, -0.2) is 4.98 Å². The fourth-order valence-corrected chi connectivity index (χ4v) is 4.50. The number of allylic oxidation sites excluding steroid dienone is 1. The molecule has 1 aromatic carbocycles. The Morgan fingerprint density at radius 2 is 2.23 bits per heavy atom. The van der Waals surface area contributed by atoms with Crippen molar-refractivity contribution in [3.05, 3.63) is 34.9 Å². The van der Waals surface area contributed by atoms with E-state index in [2.05, 4.69) is 20.2 Å². The number of aliphatic imine (C=N–C) groups is 1. The molecule has 0 saturated heterocycles. The minimum atomic E-state index is -0.0985. The van der Waals surface area contributed by atoms with E-state index in [4.69, 9.17) is 0 Å². The molecule has 0 fully saturated rings. The Balaban J connectivity index is 1.58. The maximum absolute atomic E-state index is 12.5.